The van der Waals surface area contributed by atoms with Crippen LogP contribution >= 0.6 is 0 Å². The van der Waals surface area contributed by atoms with Gasteiger partial charge in [0.25, 0.3) is 5.91 Å². The highest BCUT2D eigenvalue weighted by Gasteiger charge is 2.15. The van der Waals surface area contributed by atoms with Gasteiger partial charge in [0.15, 0.2) is 0 Å². The van der Waals surface area contributed by atoms with Gasteiger partial charge in [-0.05, 0) is 56.2 Å². The molecule has 2 N–H and O–H groups in total. The van der Waals surface area contributed by atoms with E-state index < -0.39 is 0 Å². The summed E-state index contributed by atoms with van der Waals surface area (Å²) in [5, 5.41) is 5.77. The van der Waals surface area contributed by atoms with E-state index in [1.165, 1.54) is 6.26 Å². The molecule has 0 saturated heterocycles. The van der Waals surface area contributed by atoms with Gasteiger partial charge in [-0.25, -0.2) is 4.98 Å². The number of nitrogens with zero attached hydrogens (tertiary/aromatic N) is 1. The molecule has 0 bridgehead atoms. The van der Waals surface area contributed by atoms with Crippen molar-refractivity contribution >= 4 is 17.5 Å². The van der Waals surface area contributed by atoms with Crippen molar-refractivity contribution in [1.82, 2.24) is 10.3 Å². The fourth-order valence-corrected chi connectivity index (χ4v) is 3.49. The Morgan fingerprint density at radius 1 is 0.970 bits per heavy atom. The van der Waals surface area contributed by atoms with Crippen LogP contribution in [0.25, 0.3) is 11.5 Å². The largest absolute Gasteiger partial charge is 0.469 e. The molecule has 33 heavy (non-hydrogen) atoms. The number of hydrogen-bond donors (Lipinski definition) is 2. The smallest absolute Gasteiger partial charge is 0.259 e. The topological polar surface area (TPSA) is 97.4 Å². The van der Waals surface area contributed by atoms with Crippen LogP contribution in [-0.4, -0.2) is 16.8 Å². The molecule has 0 fully saturated rings. The van der Waals surface area contributed by atoms with Gasteiger partial charge >= 0.3 is 0 Å². The number of aryl methyl sites for hydroxylation is 3. The normalized spacial score (nSPS) is 10.8. The second kappa shape index (κ2) is 9.56. The Labute approximate surface area is 191 Å². The molecule has 7 nitrogen and oxygen atoms in total. The number of furan rings is 1. The first-order valence-corrected chi connectivity index (χ1v) is 10.6. The van der Waals surface area contributed by atoms with Crippen LogP contribution in [0.1, 0.15) is 38.7 Å². The predicted molar refractivity (Wildman–Crippen MR) is 125 cm³/mol. The number of hydrogen-bond acceptors (Lipinski definition) is 5. The number of rotatable bonds is 7. The fourth-order valence-electron chi connectivity index (χ4n) is 3.49. The number of anilines is 1. The molecule has 2 aromatic carbocycles. The second-order valence-corrected chi connectivity index (χ2v) is 7.83. The lowest BCUT2D eigenvalue weighted by atomic mass is 10.1. The molecule has 4 rings (SSSR count). The third-order valence-electron chi connectivity index (χ3n) is 5.43. The van der Waals surface area contributed by atoms with Gasteiger partial charge in [-0.2, -0.15) is 0 Å². The van der Waals surface area contributed by atoms with Crippen LogP contribution in [0.5, 0.6) is 0 Å². The number of carbonyl (C=O) groups is 2. The van der Waals surface area contributed by atoms with Crippen molar-refractivity contribution in [2.75, 3.05) is 5.32 Å². The number of benzene rings is 2. The minimum atomic E-state index is -0.251. The quantitative estimate of drug-likeness (QED) is 0.420. The molecular weight excluding hydrogens is 418 g/mol. The van der Waals surface area contributed by atoms with E-state index in [1.807, 2.05) is 50.2 Å². The summed E-state index contributed by atoms with van der Waals surface area (Å²) in [5.41, 5.74) is 4.56. The standard InChI is InChI=1S/C26H25N3O4/c1-16-7-4-5-8-19(16)14-24(30)27-15-23-18(3)33-26(29-23)20-9-6-10-21(13-20)28-25(31)22-11-12-32-17(22)2/h4-13H,14-15H2,1-3H3,(H,27,30)(H,28,31). The molecule has 0 aliphatic heterocycles. The number of nitrogens with one attached hydrogen (secondary N) is 2. The molecule has 0 radical (unpaired) electrons. The lowest BCUT2D eigenvalue weighted by Gasteiger charge is -2.06. The molecule has 0 saturated carbocycles. The molecule has 4 aromatic rings. The van der Waals surface area contributed by atoms with E-state index in [0.29, 0.717) is 40.8 Å². The van der Waals surface area contributed by atoms with Gasteiger partial charge in [0.05, 0.1) is 24.8 Å². The lowest BCUT2D eigenvalue weighted by molar-refractivity contribution is -0.120. The molecule has 0 aliphatic rings. The van der Waals surface area contributed by atoms with Gasteiger partial charge in [0.2, 0.25) is 11.8 Å². The van der Waals surface area contributed by atoms with E-state index in [-0.39, 0.29) is 18.4 Å². The third kappa shape index (κ3) is 5.20. The zero-order valence-electron chi connectivity index (χ0n) is 18.8. The molecule has 0 spiro atoms. The molecule has 168 valence electrons. The zero-order valence-corrected chi connectivity index (χ0v) is 18.8. The molecule has 0 aliphatic carbocycles. The Bertz CT molecular complexity index is 1300. The van der Waals surface area contributed by atoms with Gasteiger partial charge < -0.3 is 19.5 Å². The number of oxazole rings is 1. The first kappa shape index (κ1) is 22.1. The number of aromatic nitrogens is 1. The summed E-state index contributed by atoms with van der Waals surface area (Å²) < 4.78 is 11.0. The van der Waals surface area contributed by atoms with E-state index in [4.69, 9.17) is 8.83 Å². The summed E-state index contributed by atoms with van der Waals surface area (Å²) in [5.74, 6) is 1.28. The van der Waals surface area contributed by atoms with Crippen molar-refractivity contribution in [3.05, 3.63) is 94.8 Å². The second-order valence-electron chi connectivity index (χ2n) is 7.83. The van der Waals surface area contributed by atoms with Crippen molar-refractivity contribution in [3.8, 4) is 11.5 Å². The van der Waals surface area contributed by atoms with Gasteiger partial charge in [-0.3, -0.25) is 9.59 Å². The summed E-state index contributed by atoms with van der Waals surface area (Å²) in [6.07, 6.45) is 1.80. The van der Waals surface area contributed by atoms with Crippen LogP contribution in [0.15, 0.2) is 69.7 Å². The summed E-state index contributed by atoms with van der Waals surface area (Å²) in [7, 11) is 0. The van der Waals surface area contributed by atoms with Gasteiger partial charge in [0, 0.05) is 11.3 Å². The molecule has 2 amide bonds. The summed E-state index contributed by atoms with van der Waals surface area (Å²) >= 11 is 0. The van der Waals surface area contributed by atoms with Crippen LogP contribution in [0, 0.1) is 20.8 Å². The third-order valence-corrected chi connectivity index (χ3v) is 5.43. The average Bonchev–Trinajstić information content (AvgIpc) is 3.39. The van der Waals surface area contributed by atoms with Crippen molar-refractivity contribution in [3.63, 3.8) is 0 Å². The van der Waals surface area contributed by atoms with Gasteiger partial charge in [-0.1, -0.05) is 30.3 Å². The highest BCUT2D eigenvalue weighted by atomic mass is 16.4. The van der Waals surface area contributed by atoms with Crippen LogP contribution in [0.2, 0.25) is 0 Å². The highest BCUT2D eigenvalue weighted by molar-refractivity contribution is 6.05. The van der Waals surface area contributed by atoms with Crippen molar-refractivity contribution in [2.45, 2.75) is 33.7 Å². The lowest BCUT2D eigenvalue weighted by Crippen LogP contribution is -2.25. The first-order valence-electron chi connectivity index (χ1n) is 10.6. The minimum Gasteiger partial charge on any atom is -0.469 e. The van der Waals surface area contributed by atoms with Crippen LogP contribution < -0.4 is 10.6 Å². The van der Waals surface area contributed by atoms with Crippen molar-refractivity contribution in [2.24, 2.45) is 0 Å². The maximum absolute atomic E-state index is 12.5. The number of carbonyl (C=O) groups excluding carboxylic acids is 2. The Hall–Kier alpha value is -4.13. The van der Waals surface area contributed by atoms with E-state index in [2.05, 4.69) is 15.6 Å². The number of amides is 2. The van der Waals surface area contributed by atoms with E-state index in [0.717, 1.165) is 16.7 Å². The summed E-state index contributed by atoms with van der Waals surface area (Å²) in [4.78, 5) is 29.4. The monoisotopic (exact) mass is 443 g/mol. The average molecular weight is 444 g/mol. The molecule has 0 atom stereocenters. The molecule has 2 heterocycles. The summed E-state index contributed by atoms with van der Waals surface area (Å²) in [6.45, 7) is 5.81. The summed E-state index contributed by atoms with van der Waals surface area (Å²) in [6, 6.07) is 16.7. The first-order chi connectivity index (χ1) is 15.9. The van der Waals surface area contributed by atoms with Crippen molar-refractivity contribution in [1.29, 1.82) is 0 Å². The fraction of sp³-hybridized carbons (Fsp3) is 0.192. The maximum Gasteiger partial charge on any atom is 0.259 e. The maximum atomic E-state index is 12.5. The van der Waals surface area contributed by atoms with E-state index in [1.54, 1.807) is 25.1 Å². The minimum absolute atomic E-state index is 0.0764. The Balaban J connectivity index is 1.42. The van der Waals surface area contributed by atoms with Gasteiger partial charge in [-0.15, -0.1) is 0 Å². The molecule has 7 heteroatoms. The van der Waals surface area contributed by atoms with Gasteiger partial charge in [0.1, 0.15) is 17.2 Å². The van der Waals surface area contributed by atoms with Crippen LogP contribution in [0.4, 0.5) is 5.69 Å². The predicted octanol–water partition coefficient (Wildman–Crippen LogP) is 4.97. The van der Waals surface area contributed by atoms with Crippen LogP contribution in [0.3, 0.4) is 0 Å². The zero-order chi connectivity index (χ0) is 23.4. The Morgan fingerprint density at radius 3 is 2.55 bits per heavy atom. The van der Waals surface area contributed by atoms with E-state index >= 15 is 0 Å². The molecular formula is C26H25N3O4. The van der Waals surface area contributed by atoms with E-state index in [9.17, 15) is 9.59 Å². The van der Waals surface area contributed by atoms with Crippen molar-refractivity contribution < 1.29 is 18.4 Å². The molecule has 2 aromatic heterocycles. The molecule has 0 unspecified atom stereocenters. The highest BCUT2D eigenvalue weighted by Crippen LogP contribution is 2.25. The Kier molecular flexibility index (Phi) is 6.40. The SMILES string of the molecule is Cc1ccccc1CC(=O)NCc1nc(-c2cccc(NC(=O)c3ccoc3C)c2)oc1C. The van der Waals surface area contributed by atoms with Crippen LogP contribution in [-0.2, 0) is 17.8 Å². The Morgan fingerprint density at radius 2 is 1.79 bits per heavy atom.